The number of aliphatic hydroxyl groups is 2. The second kappa shape index (κ2) is 16.8. The predicted octanol–water partition coefficient (Wildman–Crippen LogP) is -6.81. The molecule has 9 atom stereocenters. The minimum Gasteiger partial charge on any atom is -0.394 e. The summed E-state index contributed by atoms with van der Waals surface area (Å²) in [6.45, 7) is -5.34. The first-order valence-corrected chi connectivity index (χ1v) is 19.2. The predicted molar refractivity (Wildman–Crippen MR) is 137 cm³/mol. The van der Waals surface area contributed by atoms with Crippen molar-refractivity contribution in [1.29, 1.82) is 0 Å². The number of hydrogen-bond acceptors (Lipinski definition) is 23. The Morgan fingerprint density at radius 3 is 1.44 bits per heavy atom. The van der Waals surface area contributed by atoms with Gasteiger partial charge in [0, 0.05) is 51.4 Å². The second-order valence-electron chi connectivity index (χ2n) is 8.61. The van der Waals surface area contributed by atoms with Gasteiger partial charge in [-0.2, -0.15) is 50.5 Å². The maximum atomic E-state index is 11.7. The summed E-state index contributed by atoms with van der Waals surface area (Å²) < 4.78 is 232. The van der Waals surface area contributed by atoms with Crippen LogP contribution in [0.5, 0.6) is 0 Å². The van der Waals surface area contributed by atoms with Crippen LogP contribution in [0.3, 0.4) is 0 Å². The Balaban J connectivity index is 0.0000115. The van der Waals surface area contributed by atoms with Gasteiger partial charge in [0.1, 0.15) is 37.1 Å². The summed E-state index contributed by atoms with van der Waals surface area (Å²) in [7, 11) is -35.0. The summed E-state index contributed by atoms with van der Waals surface area (Å²) in [5.74, 6) is -3.83. The van der Waals surface area contributed by atoms with Crippen LogP contribution in [0.2, 0.25) is 0 Å². The van der Waals surface area contributed by atoms with Gasteiger partial charge in [0.25, 0.3) is 0 Å². The van der Waals surface area contributed by atoms with E-state index in [0.29, 0.717) is 0 Å². The molecule has 281 valence electrons. The van der Waals surface area contributed by atoms with Gasteiger partial charge in [-0.15, -0.1) is 0 Å². The number of rotatable bonds is 17. The molecule has 0 aromatic heterocycles. The molecule has 0 saturated carbocycles. The van der Waals surface area contributed by atoms with Gasteiger partial charge < -0.3 is 24.4 Å². The zero-order valence-corrected chi connectivity index (χ0v) is 30.9. The molecular weight excluding hydrogens is 840 g/mol. The molecule has 0 aromatic carbocycles. The van der Waals surface area contributed by atoms with Gasteiger partial charge in [-0.3, -0.25) is 27.3 Å². The molecule has 1 radical (unpaired) electrons. The zero-order chi connectivity index (χ0) is 36.6. The van der Waals surface area contributed by atoms with Crippen molar-refractivity contribution in [2.45, 2.75) is 54.8 Å². The maximum absolute atomic E-state index is 11.7. The third-order valence-electron chi connectivity index (χ3n) is 5.28. The van der Waals surface area contributed by atoms with Gasteiger partial charge in [0.05, 0.1) is 13.2 Å². The van der Waals surface area contributed by atoms with Crippen molar-refractivity contribution in [2.24, 2.45) is 0 Å². The van der Waals surface area contributed by atoms with E-state index >= 15 is 0 Å². The normalized spacial score (nSPS) is 32.5. The van der Waals surface area contributed by atoms with Crippen LogP contribution in [0.4, 0.5) is 0 Å². The number of hydrogen-bond donors (Lipinski definition) is 8. The summed E-state index contributed by atoms with van der Waals surface area (Å²) >= 11 is 0. The zero-order valence-electron chi connectivity index (χ0n) is 22.8. The molecule has 2 rings (SSSR count). The molecule has 2 aliphatic rings. The number of aliphatic hydroxyl groups excluding tert-OH is 2. The molecule has 2 heterocycles. The Kier molecular flexibility index (Phi) is 16.3. The molecule has 2 saturated heterocycles. The van der Waals surface area contributed by atoms with Crippen LogP contribution in [0.25, 0.3) is 0 Å². The van der Waals surface area contributed by atoms with Crippen molar-refractivity contribution in [1.82, 2.24) is 0 Å². The monoisotopic (exact) mass is 861 g/mol. The third kappa shape index (κ3) is 15.3. The summed E-state index contributed by atoms with van der Waals surface area (Å²) in [5.41, 5.74) is 0. The summed E-state index contributed by atoms with van der Waals surface area (Å²) in [6.07, 6.45) is -22.7. The molecule has 29 nitrogen and oxygen atoms in total. The molecule has 0 unspecified atom stereocenters. The Hall–Kier alpha value is 0.656. The Morgan fingerprint density at radius 2 is 1.02 bits per heavy atom. The van der Waals surface area contributed by atoms with E-state index in [1.54, 1.807) is 0 Å². The van der Waals surface area contributed by atoms with E-state index in [1.807, 2.05) is 0 Å². The molecule has 8 N–H and O–H groups in total. The van der Waals surface area contributed by atoms with Gasteiger partial charge in [-0.05, 0) is 0 Å². The molecule has 0 aliphatic carbocycles. The van der Waals surface area contributed by atoms with E-state index in [1.165, 1.54) is 0 Å². The van der Waals surface area contributed by atoms with Gasteiger partial charge in [-0.1, -0.05) is 0 Å². The van der Waals surface area contributed by atoms with Gasteiger partial charge >= 0.3 is 62.4 Å². The standard InChI is InChI=1S/C12H22O29S6.K/c13-1-4-6(14)8(39-45(24,25)26)9(40-46(27,28)29)11(35-4)37-12(3-34-43(18,19)20)10(41-47(30,31)32)7(38-44(21,22)23)5(36-12)2-33-42(15,16)17;/h4-11,13-14H,1-3H2,(H,15,16,17)(H,18,19,20)(H,21,22,23)(H,24,25,26)(H,27,28,29)(H,30,31,32);/t4-,5-,6-,7-,8+,9-,10+,11-,12+;/m1./s1. The molecule has 0 bridgehead atoms. The molecule has 48 heavy (non-hydrogen) atoms. The fraction of sp³-hybridized carbons (Fsp3) is 1.00. The smallest absolute Gasteiger partial charge is 0.394 e. The first kappa shape index (κ1) is 46.7. The van der Waals surface area contributed by atoms with Crippen molar-refractivity contribution in [3.63, 3.8) is 0 Å². The van der Waals surface area contributed by atoms with E-state index in [9.17, 15) is 74.4 Å². The molecule has 2 fully saturated rings. The number of ether oxygens (including phenoxy) is 3. The Morgan fingerprint density at radius 1 is 0.583 bits per heavy atom. The molecular formula is C12H22KO29S6. The van der Waals surface area contributed by atoms with Crippen LogP contribution in [0, 0.1) is 0 Å². The van der Waals surface area contributed by atoms with Crippen LogP contribution in [0.15, 0.2) is 0 Å². The Bertz CT molecular complexity index is 1770. The van der Waals surface area contributed by atoms with Crippen molar-refractivity contribution in [3.05, 3.63) is 0 Å². The van der Waals surface area contributed by atoms with Crippen molar-refractivity contribution >= 4 is 114 Å². The maximum Gasteiger partial charge on any atom is 0.397 e. The Labute approximate surface area is 312 Å². The summed E-state index contributed by atoms with van der Waals surface area (Å²) in [4.78, 5) is 0. The molecule has 36 heteroatoms. The fourth-order valence-corrected chi connectivity index (χ4v) is 6.49. The van der Waals surface area contributed by atoms with Crippen LogP contribution in [0.1, 0.15) is 0 Å². The third-order valence-corrected chi connectivity index (χ3v) is 7.97. The average Bonchev–Trinajstić information content (AvgIpc) is 3.08. The van der Waals surface area contributed by atoms with Crippen LogP contribution < -0.4 is 0 Å². The topological polar surface area (TPSA) is 450 Å². The van der Waals surface area contributed by atoms with Gasteiger partial charge in [0.15, 0.2) is 18.5 Å². The molecule has 2 aliphatic heterocycles. The first-order chi connectivity index (χ1) is 20.8. The van der Waals surface area contributed by atoms with E-state index < -0.39 is 137 Å². The van der Waals surface area contributed by atoms with Crippen molar-refractivity contribution in [3.8, 4) is 0 Å². The van der Waals surface area contributed by atoms with Gasteiger partial charge in [0.2, 0.25) is 5.79 Å². The van der Waals surface area contributed by atoms with Crippen molar-refractivity contribution < 1.29 is 127 Å². The minimum absolute atomic E-state index is 0. The van der Waals surface area contributed by atoms with Crippen LogP contribution in [-0.2, 0) is 102 Å². The molecule has 0 amide bonds. The summed E-state index contributed by atoms with van der Waals surface area (Å²) in [6, 6.07) is 0. The largest absolute Gasteiger partial charge is 0.397 e. The second-order valence-corrected chi connectivity index (χ2v) is 15.0. The molecule has 0 spiro atoms. The quantitative estimate of drug-likeness (QED) is 0.0497. The van der Waals surface area contributed by atoms with Crippen LogP contribution in [-0.4, -0.2) is 214 Å². The van der Waals surface area contributed by atoms with Crippen LogP contribution >= 0.6 is 0 Å². The summed E-state index contributed by atoms with van der Waals surface area (Å²) in [5, 5.41) is 19.9. The minimum atomic E-state index is -6.05. The van der Waals surface area contributed by atoms with E-state index in [2.05, 4.69) is 25.1 Å². The molecule has 0 aromatic rings. The van der Waals surface area contributed by atoms with E-state index in [-0.39, 0.29) is 51.4 Å². The van der Waals surface area contributed by atoms with E-state index in [0.717, 1.165) is 0 Å². The van der Waals surface area contributed by atoms with Gasteiger partial charge in [-0.25, -0.2) is 25.1 Å². The van der Waals surface area contributed by atoms with Crippen molar-refractivity contribution in [2.75, 3.05) is 19.8 Å². The van der Waals surface area contributed by atoms with E-state index in [4.69, 9.17) is 27.9 Å². The average molecular weight is 862 g/mol. The first-order valence-electron chi connectivity index (χ1n) is 11.0. The fourth-order valence-electron chi connectivity index (χ4n) is 3.86. The SMILES string of the molecule is O=S(=O)(O)OC[C@H]1O[C@@](COS(=O)(=O)O)(O[C@H]2O[C@H](CO)[C@@H](O)[C@H](OS(=O)(=O)O)[C@H]2OS(=O)(=O)O)[C@@H](OS(=O)(=O)O)[C@@H]1OS(=O)(=O)O.[K].